The molecule has 0 aliphatic heterocycles. The lowest BCUT2D eigenvalue weighted by atomic mass is 10.7. The number of carbonyl (C=O) groups excluding carboxylic acids is 1. The monoisotopic (exact) mass is 286 g/mol. The average molecular weight is 286 g/mol. The zero-order chi connectivity index (χ0) is 15.1. The van der Waals surface area contributed by atoms with Gasteiger partial charge < -0.3 is 4.74 Å². The highest BCUT2D eigenvalue weighted by molar-refractivity contribution is 5.77. The Hall–Kier alpha value is -1.53. The van der Waals surface area contributed by atoms with Gasteiger partial charge in [0.25, 0.3) is 5.91 Å². The van der Waals surface area contributed by atoms with Gasteiger partial charge in [-0.1, -0.05) is 0 Å². The summed E-state index contributed by atoms with van der Waals surface area (Å²) in [6.07, 6.45) is 0. The maximum absolute atomic E-state index is 11.0. The molecule has 4 nitrogen and oxygen atoms in total. The summed E-state index contributed by atoms with van der Waals surface area (Å²) in [5, 5.41) is 2.82. The first-order chi connectivity index (χ1) is 8.31. The van der Waals surface area contributed by atoms with Crippen LogP contribution in [0.25, 0.3) is 0 Å². The van der Waals surface area contributed by atoms with Gasteiger partial charge >= 0.3 is 0 Å². The smallest absolute Gasteiger partial charge is 0.266 e. The van der Waals surface area contributed by atoms with E-state index in [0.29, 0.717) is 0 Å². The molecule has 0 aliphatic rings. The number of amides is 1. The van der Waals surface area contributed by atoms with E-state index in [9.17, 15) is 9.18 Å². The van der Waals surface area contributed by atoms with E-state index < -0.39 is 5.91 Å². The number of methoxy groups -OCH3 is 1. The maximum Gasteiger partial charge on any atom is 0.266 e. The topological polar surface area (TPSA) is 50.7 Å². The second kappa shape index (κ2) is 62.7. The van der Waals surface area contributed by atoms with E-state index in [1.807, 2.05) is 5.43 Å². The lowest BCUT2D eigenvalue weighted by molar-refractivity contribution is -0.124. The van der Waals surface area contributed by atoms with E-state index in [0.717, 1.165) is 0 Å². The van der Waals surface area contributed by atoms with Crippen LogP contribution in [0, 0.1) is 0 Å². The van der Waals surface area contributed by atoms with Gasteiger partial charge in [0.05, 0.1) is 0 Å². The van der Waals surface area contributed by atoms with Crippen LogP contribution in [0.2, 0.25) is 0 Å². The minimum Gasteiger partial charge on any atom is -0.375 e. The van der Waals surface area contributed by atoms with Crippen molar-refractivity contribution in [3.8, 4) is 0 Å². The molecule has 0 aromatic heterocycles. The Morgan fingerprint density at radius 3 is 1.71 bits per heavy atom. The molecule has 0 aromatic carbocycles. The van der Waals surface area contributed by atoms with Crippen LogP contribution in [0.1, 0.15) is 0 Å². The number of halogens is 9. The van der Waals surface area contributed by atoms with Gasteiger partial charge in [-0.3, -0.25) is 4.79 Å². The Bertz CT molecular complexity index is 128. The zero-order valence-electron chi connectivity index (χ0n) is 7.95. The minimum atomic E-state index is -0.480. The largest absolute Gasteiger partial charge is 0.375 e. The van der Waals surface area contributed by atoms with Crippen LogP contribution in [0.5, 0.6) is 0 Å². The molecule has 0 aliphatic carbocycles. The summed E-state index contributed by atoms with van der Waals surface area (Å²) in [5.74, 6) is -0.480. The average Bonchev–Trinajstić information content (AvgIpc) is 2.46. The minimum absolute atomic E-state index is 0.00639. The molecule has 0 unspecified atom stereocenters. The van der Waals surface area contributed by atoms with Crippen molar-refractivity contribution in [2.24, 2.45) is 5.10 Å². The van der Waals surface area contributed by atoms with Gasteiger partial charge in [-0.15, -0.1) is 0 Å². The van der Waals surface area contributed by atoms with E-state index >= 15 is 0 Å². The summed E-state index contributed by atoms with van der Waals surface area (Å²) >= 11 is 0. The number of hydrogen-bond donors (Lipinski definition) is 1. The van der Waals surface area contributed by atoms with Crippen molar-refractivity contribution >= 4 is 12.4 Å². The van der Waals surface area contributed by atoms with Gasteiger partial charge in [-0.25, -0.2) is 5.43 Å². The van der Waals surface area contributed by atoms with E-state index in [4.69, 9.17) is 36.6 Å². The van der Waals surface area contributed by atoms with Crippen molar-refractivity contribution in [3.05, 3.63) is 0 Å². The van der Waals surface area contributed by atoms with Crippen molar-refractivity contribution in [1.82, 2.24) is 5.43 Å². The summed E-state index contributed by atoms with van der Waals surface area (Å²) in [7, 11) is 1.36. The predicted octanol–water partition coefficient (Wildman–Crippen LogP) is 3.02. The molecular weight excluding hydrogens is 279 g/mol. The third-order valence-corrected chi connectivity index (χ3v) is 0.513. The lowest BCUT2D eigenvalue weighted by Crippen LogP contribution is -2.21. The van der Waals surface area contributed by atoms with Gasteiger partial charge in [0.1, 0.15) is 6.61 Å². The first kappa shape index (κ1) is 29.5. The highest BCUT2D eigenvalue weighted by atomic mass is 20.0. The van der Waals surface area contributed by atoms with Crippen molar-refractivity contribution in [3.63, 3.8) is 0 Å². The second-order valence-corrected chi connectivity index (χ2v) is 1.19. The molecule has 13 heteroatoms. The van der Waals surface area contributed by atoms with Crippen LogP contribution in [0.4, 0.5) is 41.0 Å². The van der Waals surface area contributed by atoms with Crippen LogP contribution in [0.15, 0.2) is 5.10 Å². The fourth-order valence-electron chi connectivity index (χ4n) is 0.260. The van der Waals surface area contributed by atoms with Gasteiger partial charge in [0.2, 0.25) is 0 Å². The molecule has 0 heterocycles. The summed E-state index contributed by atoms with van der Waals surface area (Å²) in [6, 6.07) is 0. The molecule has 0 saturated carbocycles. The van der Waals surface area contributed by atoms with Gasteiger partial charge in [0, 0.05) is 43.7 Å². The standard InChI is InChI=1S/C4H7FN2O2.4F2/c1-9-2-4(8)7-6-3-5;4*1-2/h3H,2H2,1H3,(H,7,8);;;;. The number of hydrogen-bond acceptors (Lipinski definition) is 3. The number of ether oxygens (including phenoxy) is 1. The molecule has 0 atom stereocenters. The van der Waals surface area contributed by atoms with Crippen LogP contribution in [-0.4, -0.2) is 26.1 Å². The Kier molecular flexibility index (Phi) is 109. The number of rotatable bonds is 3. The molecule has 0 rings (SSSR count). The summed E-state index contributed by atoms with van der Waals surface area (Å²) in [5.41, 5.74) is 1.86. The Balaban J connectivity index is -0.0000000507. The first-order valence-corrected chi connectivity index (χ1v) is 2.78. The maximum atomic E-state index is 11.0. The second-order valence-electron chi connectivity index (χ2n) is 1.19. The molecule has 0 aromatic rings. The molecule has 108 valence electrons. The molecule has 1 N–H and O–H groups in total. The van der Waals surface area contributed by atoms with Gasteiger partial charge in [0.15, 0.2) is 6.47 Å². The van der Waals surface area contributed by atoms with Crippen LogP contribution in [-0.2, 0) is 9.53 Å². The molecule has 0 spiro atoms. The van der Waals surface area contributed by atoms with E-state index in [2.05, 4.69) is 9.84 Å². The van der Waals surface area contributed by atoms with Crippen LogP contribution in [0.3, 0.4) is 0 Å². The number of nitrogens with zero attached hydrogens (tertiary/aromatic N) is 1. The van der Waals surface area contributed by atoms with Crippen molar-refractivity contribution in [1.29, 1.82) is 0 Å². The molecule has 1 amide bonds. The molecule has 17 heavy (non-hydrogen) atoms. The molecule has 0 fully saturated rings. The quantitative estimate of drug-likeness (QED) is 0.492. The summed E-state index contributed by atoms with van der Waals surface area (Å²) in [4.78, 5) is 10.3. The lowest BCUT2D eigenvalue weighted by Gasteiger charge is -1.93. The number of hydrazone groups is 1. The Labute approximate surface area is 88.5 Å². The number of carbonyl (C=O) groups is 1. The third-order valence-electron chi connectivity index (χ3n) is 0.513. The van der Waals surface area contributed by atoms with E-state index in [1.54, 1.807) is 0 Å². The SMILES string of the molecule is COCC(=O)NN=CF.FF.FF.FF.FF. The van der Waals surface area contributed by atoms with E-state index in [1.165, 1.54) is 7.11 Å². The fourth-order valence-corrected chi connectivity index (χ4v) is 0.260. The van der Waals surface area contributed by atoms with Crippen molar-refractivity contribution in [2.75, 3.05) is 13.7 Å². The summed E-state index contributed by atoms with van der Waals surface area (Å²) in [6.45, 7) is -0.120. The fraction of sp³-hybridized carbons (Fsp3) is 0.500. The van der Waals surface area contributed by atoms with Crippen LogP contribution >= 0.6 is 0 Å². The van der Waals surface area contributed by atoms with Gasteiger partial charge in [-0.2, -0.15) is 9.49 Å². The van der Waals surface area contributed by atoms with Crippen LogP contribution < -0.4 is 5.43 Å². The zero-order valence-corrected chi connectivity index (χ0v) is 7.95. The first-order valence-electron chi connectivity index (χ1n) is 2.78. The predicted molar refractivity (Wildman–Crippen MR) is 38.5 cm³/mol. The molecule has 0 saturated heterocycles. The highest BCUT2D eigenvalue weighted by Gasteiger charge is 1.93. The van der Waals surface area contributed by atoms with E-state index in [-0.39, 0.29) is 13.1 Å². The number of nitrogens with one attached hydrogen (secondary N) is 1. The molecule has 0 bridgehead atoms. The van der Waals surface area contributed by atoms with Crippen molar-refractivity contribution < 1.29 is 50.5 Å². The third kappa shape index (κ3) is 75.2. The van der Waals surface area contributed by atoms with Crippen molar-refractivity contribution in [2.45, 2.75) is 0 Å². The molecular formula is C4H7F9N2O2. The highest BCUT2D eigenvalue weighted by Crippen LogP contribution is 1.67. The van der Waals surface area contributed by atoms with Gasteiger partial charge in [-0.05, 0) is 0 Å². The molecule has 0 radical (unpaired) electrons. The summed E-state index contributed by atoms with van der Waals surface area (Å²) < 4.78 is 79.4. The normalized spacial score (nSPS) is 6.71. The Morgan fingerprint density at radius 1 is 1.12 bits per heavy atom. The Morgan fingerprint density at radius 2 is 1.47 bits per heavy atom.